The Bertz CT molecular complexity index is 1010. The molecule has 0 saturated heterocycles. The highest BCUT2D eigenvalue weighted by Crippen LogP contribution is 2.19. The van der Waals surface area contributed by atoms with E-state index in [1.807, 2.05) is 31.2 Å². The second kappa shape index (κ2) is 7.70. The summed E-state index contributed by atoms with van der Waals surface area (Å²) in [7, 11) is 0. The Morgan fingerprint density at radius 2 is 2.04 bits per heavy atom. The number of benzene rings is 1. The Morgan fingerprint density at radius 1 is 1.27 bits per heavy atom. The quantitative estimate of drug-likeness (QED) is 0.644. The molecule has 3 aromatic rings. The molecule has 0 spiro atoms. The van der Waals surface area contributed by atoms with Crippen molar-refractivity contribution in [2.75, 3.05) is 0 Å². The zero-order chi connectivity index (χ0) is 18.7. The fourth-order valence-corrected chi connectivity index (χ4v) is 2.91. The number of hydrogen-bond acceptors (Lipinski definition) is 4. The summed E-state index contributed by atoms with van der Waals surface area (Å²) < 4.78 is 6.81. The highest BCUT2D eigenvalue weighted by Gasteiger charge is 2.17. The van der Waals surface area contributed by atoms with Crippen LogP contribution in [-0.2, 0) is 22.6 Å². The normalized spacial score (nSPS) is 12.1. The van der Waals surface area contributed by atoms with E-state index in [0.717, 1.165) is 11.1 Å². The van der Waals surface area contributed by atoms with Gasteiger partial charge in [-0.25, -0.2) is 4.98 Å². The van der Waals surface area contributed by atoms with Crippen molar-refractivity contribution in [1.82, 2.24) is 9.38 Å². The Balaban J connectivity index is 1.67. The lowest BCUT2D eigenvalue weighted by molar-refractivity contribution is -0.149. The summed E-state index contributed by atoms with van der Waals surface area (Å²) in [6.45, 7) is 3.66. The summed E-state index contributed by atoms with van der Waals surface area (Å²) in [6, 6.07) is 12.4. The predicted octanol–water partition coefficient (Wildman–Crippen LogP) is 3.58. The Labute approximate surface area is 156 Å². The molecule has 1 atom stereocenters. The summed E-state index contributed by atoms with van der Waals surface area (Å²) in [5.41, 5.74) is 2.62. The van der Waals surface area contributed by atoms with Crippen LogP contribution in [0.15, 0.2) is 53.5 Å². The molecular weight excluding hydrogens is 352 g/mol. The van der Waals surface area contributed by atoms with Crippen molar-refractivity contribution in [2.45, 2.75) is 26.9 Å². The van der Waals surface area contributed by atoms with Gasteiger partial charge in [-0.2, -0.15) is 0 Å². The van der Waals surface area contributed by atoms with Gasteiger partial charge in [-0.1, -0.05) is 42.8 Å². The molecule has 0 bridgehead atoms. The summed E-state index contributed by atoms with van der Waals surface area (Å²) >= 11 is 6.13. The standard InChI is InChI=1S/C20H19ClN2O3/c1-13-7-8-18-22-16(10-19(24)23(18)11-13)12-26-20(25)14(2)9-15-5-3-4-6-17(15)21/h3-8,10-11,14H,9,12H2,1-2H3. The van der Waals surface area contributed by atoms with Crippen molar-refractivity contribution >= 4 is 23.2 Å². The van der Waals surface area contributed by atoms with E-state index in [4.69, 9.17) is 16.3 Å². The van der Waals surface area contributed by atoms with E-state index in [2.05, 4.69) is 4.98 Å². The van der Waals surface area contributed by atoms with Crippen molar-refractivity contribution < 1.29 is 9.53 Å². The molecule has 1 aromatic carbocycles. The zero-order valence-electron chi connectivity index (χ0n) is 14.6. The molecule has 0 aliphatic carbocycles. The van der Waals surface area contributed by atoms with Crippen LogP contribution in [-0.4, -0.2) is 15.4 Å². The van der Waals surface area contributed by atoms with Gasteiger partial charge in [0.25, 0.3) is 5.56 Å². The number of hydrogen-bond donors (Lipinski definition) is 0. The van der Waals surface area contributed by atoms with E-state index in [-0.39, 0.29) is 24.1 Å². The van der Waals surface area contributed by atoms with Gasteiger partial charge in [0, 0.05) is 17.3 Å². The molecule has 2 aromatic heterocycles. The minimum atomic E-state index is -0.351. The first-order valence-electron chi connectivity index (χ1n) is 8.33. The number of carbonyl (C=O) groups is 1. The van der Waals surface area contributed by atoms with Crippen molar-refractivity contribution in [2.24, 2.45) is 5.92 Å². The monoisotopic (exact) mass is 370 g/mol. The summed E-state index contributed by atoms with van der Waals surface area (Å²) in [6.07, 6.45) is 2.22. The minimum Gasteiger partial charge on any atom is -0.459 e. The van der Waals surface area contributed by atoms with Gasteiger partial charge in [0.05, 0.1) is 11.6 Å². The average molecular weight is 371 g/mol. The molecule has 5 nitrogen and oxygen atoms in total. The van der Waals surface area contributed by atoms with Crippen LogP contribution in [0.5, 0.6) is 0 Å². The molecule has 0 fully saturated rings. The van der Waals surface area contributed by atoms with Crippen LogP contribution in [0.1, 0.15) is 23.7 Å². The maximum Gasteiger partial charge on any atom is 0.309 e. The fourth-order valence-electron chi connectivity index (χ4n) is 2.70. The van der Waals surface area contributed by atoms with Crippen molar-refractivity contribution in [1.29, 1.82) is 0 Å². The van der Waals surface area contributed by atoms with Crippen molar-refractivity contribution in [3.8, 4) is 0 Å². The fraction of sp³-hybridized carbons (Fsp3) is 0.250. The maximum atomic E-state index is 12.2. The van der Waals surface area contributed by atoms with Crippen LogP contribution in [0.2, 0.25) is 5.02 Å². The molecule has 0 saturated carbocycles. The Morgan fingerprint density at radius 3 is 2.81 bits per heavy atom. The van der Waals surface area contributed by atoms with Gasteiger partial charge in [-0.05, 0) is 36.6 Å². The van der Waals surface area contributed by atoms with Gasteiger partial charge in [0.2, 0.25) is 0 Å². The maximum absolute atomic E-state index is 12.2. The smallest absolute Gasteiger partial charge is 0.309 e. The minimum absolute atomic E-state index is 0.0364. The third-order valence-corrected chi connectivity index (χ3v) is 4.48. The lowest BCUT2D eigenvalue weighted by atomic mass is 10.0. The molecule has 6 heteroatoms. The van der Waals surface area contributed by atoms with E-state index in [1.54, 1.807) is 25.3 Å². The van der Waals surface area contributed by atoms with E-state index in [0.29, 0.717) is 22.8 Å². The molecule has 0 amide bonds. The number of carbonyl (C=O) groups excluding carboxylic acids is 1. The number of fused-ring (bicyclic) bond motifs is 1. The number of aromatic nitrogens is 2. The van der Waals surface area contributed by atoms with Crippen molar-refractivity contribution in [3.63, 3.8) is 0 Å². The van der Waals surface area contributed by atoms with Gasteiger partial charge < -0.3 is 4.74 Å². The molecular formula is C20H19ClN2O3. The number of rotatable bonds is 5. The summed E-state index contributed by atoms with van der Waals surface area (Å²) in [4.78, 5) is 28.8. The molecule has 0 radical (unpaired) electrons. The van der Waals surface area contributed by atoms with Gasteiger partial charge in [0.15, 0.2) is 0 Å². The molecule has 1 unspecified atom stereocenters. The SMILES string of the molecule is Cc1ccc2nc(COC(=O)C(C)Cc3ccccc3Cl)cc(=O)n2c1. The number of nitrogens with zero attached hydrogens (tertiary/aromatic N) is 2. The molecule has 134 valence electrons. The van der Waals surface area contributed by atoms with Crippen LogP contribution in [0.25, 0.3) is 5.65 Å². The van der Waals surface area contributed by atoms with Crippen LogP contribution in [0, 0.1) is 12.8 Å². The zero-order valence-corrected chi connectivity index (χ0v) is 15.4. The van der Waals surface area contributed by atoms with Gasteiger partial charge in [0.1, 0.15) is 12.3 Å². The summed E-state index contributed by atoms with van der Waals surface area (Å²) in [5, 5.41) is 0.631. The highest BCUT2D eigenvalue weighted by atomic mass is 35.5. The van der Waals surface area contributed by atoms with E-state index in [9.17, 15) is 9.59 Å². The number of pyridine rings is 1. The van der Waals surface area contributed by atoms with Crippen LogP contribution in [0.3, 0.4) is 0 Å². The van der Waals surface area contributed by atoms with Crippen molar-refractivity contribution in [3.05, 3.63) is 80.9 Å². The first-order valence-corrected chi connectivity index (χ1v) is 8.71. The first kappa shape index (κ1) is 18.1. The first-order chi connectivity index (χ1) is 12.4. The third kappa shape index (κ3) is 4.11. The van der Waals surface area contributed by atoms with E-state index >= 15 is 0 Å². The predicted molar refractivity (Wildman–Crippen MR) is 100 cm³/mol. The second-order valence-electron chi connectivity index (χ2n) is 6.32. The molecule has 26 heavy (non-hydrogen) atoms. The van der Waals surface area contributed by atoms with Gasteiger partial charge in [-0.15, -0.1) is 0 Å². The topological polar surface area (TPSA) is 60.7 Å². The lowest BCUT2D eigenvalue weighted by Crippen LogP contribution is -2.20. The Hall–Kier alpha value is -2.66. The molecule has 3 rings (SSSR count). The lowest BCUT2D eigenvalue weighted by Gasteiger charge is -2.12. The molecule has 0 N–H and O–H groups in total. The molecule has 0 aliphatic rings. The average Bonchev–Trinajstić information content (AvgIpc) is 2.62. The van der Waals surface area contributed by atoms with Crippen LogP contribution < -0.4 is 5.56 Å². The molecule has 0 aliphatic heterocycles. The van der Waals surface area contributed by atoms with Crippen LogP contribution >= 0.6 is 11.6 Å². The largest absolute Gasteiger partial charge is 0.459 e. The van der Waals surface area contributed by atoms with Crippen LogP contribution in [0.4, 0.5) is 0 Å². The van der Waals surface area contributed by atoms with E-state index < -0.39 is 0 Å². The number of aryl methyl sites for hydroxylation is 1. The third-order valence-electron chi connectivity index (χ3n) is 4.11. The van der Waals surface area contributed by atoms with E-state index in [1.165, 1.54) is 10.5 Å². The number of esters is 1. The number of halogens is 1. The second-order valence-corrected chi connectivity index (χ2v) is 6.73. The number of ether oxygens (including phenoxy) is 1. The Kier molecular flexibility index (Phi) is 5.38. The van der Waals surface area contributed by atoms with Gasteiger partial charge in [-0.3, -0.25) is 14.0 Å². The molecule has 2 heterocycles. The van der Waals surface area contributed by atoms with Gasteiger partial charge >= 0.3 is 5.97 Å². The highest BCUT2D eigenvalue weighted by molar-refractivity contribution is 6.31. The summed E-state index contributed by atoms with van der Waals surface area (Å²) in [5.74, 6) is -0.699.